The molecular formula is C17H18Br2N2O2. The van der Waals surface area contributed by atoms with Crippen molar-refractivity contribution in [3.63, 3.8) is 0 Å². The zero-order valence-electron chi connectivity index (χ0n) is 12.6. The van der Waals surface area contributed by atoms with Gasteiger partial charge in [-0.1, -0.05) is 41.3 Å². The van der Waals surface area contributed by atoms with Gasteiger partial charge in [-0.05, 0) is 40.9 Å². The second-order valence-electron chi connectivity index (χ2n) is 5.76. The van der Waals surface area contributed by atoms with Crippen molar-refractivity contribution in [3.8, 4) is 5.75 Å². The van der Waals surface area contributed by atoms with Crippen molar-refractivity contribution in [3.05, 3.63) is 33.3 Å². The van der Waals surface area contributed by atoms with E-state index in [1.807, 2.05) is 18.2 Å². The number of benzene rings is 1. The van der Waals surface area contributed by atoms with Crippen LogP contribution in [0.5, 0.6) is 5.75 Å². The molecule has 1 fully saturated rings. The van der Waals surface area contributed by atoms with Crippen LogP contribution in [-0.2, 0) is 4.79 Å². The van der Waals surface area contributed by atoms with E-state index in [1.54, 1.807) is 6.20 Å². The van der Waals surface area contributed by atoms with Crippen molar-refractivity contribution in [2.24, 2.45) is 0 Å². The summed E-state index contributed by atoms with van der Waals surface area (Å²) in [6, 6.07) is 6.05. The number of hydrogen-bond donors (Lipinski definition) is 1. The number of pyridine rings is 1. The number of ether oxygens (including phenoxy) is 1. The number of aromatic nitrogens is 1. The minimum atomic E-state index is -0.0733. The van der Waals surface area contributed by atoms with E-state index in [2.05, 4.69) is 42.2 Å². The summed E-state index contributed by atoms with van der Waals surface area (Å²) in [5.41, 5.74) is 0.735. The van der Waals surface area contributed by atoms with Gasteiger partial charge in [-0.3, -0.25) is 9.78 Å². The lowest BCUT2D eigenvalue weighted by Gasteiger charge is -2.22. The zero-order chi connectivity index (χ0) is 16.2. The van der Waals surface area contributed by atoms with Crippen LogP contribution in [0, 0.1) is 0 Å². The van der Waals surface area contributed by atoms with Gasteiger partial charge in [-0.2, -0.15) is 0 Å². The van der Waals surface area contributed by atoms with Gasteiger partial charge in [0.1, 0.15) is 5.52 Å². The lowest BCUT2D eigenvalue weighted by Crippen LogP contribution is -2.39. The van der Waals surface area contributed by atoms with E-state index in [9.17, 15) is 4.79 Å². The molecule has 1 aliphatic carbocycles. The molecule has 0 spiro atoms. The van der Waals surface area contributed by atoms with Crippen LogP contribution in [0.15, 0.2) is 33.3 Å². The van der Waals surface area contributed by atoms with Crippen molar-refractivity contribution in [1.29, 1.82) is 0 Å². The SMILES string of the molecule is O=C(COc1c(Br)cc(Br)c2cccnc12)NC1CCCCC1. The third-order valence-electron chi connectivity index (χ3n) is 4.07. The first-order valence-electron chi connectivity index (χ1n) is 7.80. The Bertz CT molecular complexity index is 715. The maximum Gasteiger partial charge on any atom is 0.258 e. The predicted molar refractivity (Wildman–Crippen MR) is 97.7 cm³/mol. The summed E-state index contributed by atoms with van der Waals surface area (Å²) < 4.78 is 7.48. The fourth-order valence-corrected chi connectivity index (χ4v) is 4.33. The highest BCUT2D eigenvalue weighted by Crippen LogP contribution is 2.37. The van der Waals surface area contributed by atoms with E-state index < -0.39 is 0 Å². The number of halogens is 2. The number of rotatable bonds is 4. The number of carbonyl (C=O) groups is 1. The van der Waals surface area contributed by atoms with Crippen molar-refractivity contribution in [1.82, 2.24) is 10.3 Å². The van der Waals surface area contributed by atoms with Gasteiger partial charge in [-0.25, -0.2) is 0 Å². The van der Waals surface area contributed by atoms with Gasteiger partial charge in [-0.15, -0.1) is 0 Å². The highest BCUT2D eigenvalue weighted by Gasteiger charge is 2.17. The molecule has 0 bridgehead atoms. The number of nitrogens with one attached hydrogen (secondary N) is 1. The van der Waals surface area contributed by atoms with Gasteiger partial charge in [0.15, 0.2) is 12.4 Å². The molecule has 6 heteroatoms. The fraction of sp³-hybridized carbons (Fsp3) is 0.412. The van der Waals surface area contributed by atoms with Gasteiger partial charge < -0.3 is 10.1 Å². The molecule has 3 rings (SSSR count). The van der Waals surface area contributed by atoms with Crippen LogP contribution in [0.3, 0.4) is 0 Å². The number of hydrogen-bond acceptors (Lipinski definition) is 3. The minimum absolute atomic E-state index is 0.00239. The van der Waals surface area contributed by atoms with Crippen LogP contribution in [-0.4, -0.2) is 23.5 Å². The van der Waals surface area contributed by atoms with Gasteiger partial charge >= 0.3 is 0 Å². The second kappa shape index (κ2) is 7.62. The molecule has 1 saturated carbocycles. The van der Waals surface area contributed by atoms with E-state index in [0.717, 1.165) is 32.7 Å². The third kappa shape index (κ3) is 4.04. The molecular weight excluding hydrogens is 424 g/mol. The molecule has 1 amide bonds. The van der Waals surface area contributed by atoms with E-state index in [-0.39, 0.29) is 12.5 Å². The molecule has 1 N–H and O–H groups in total. The van der Waals surface area contributed by atoms with Crippen molar-refractivity contribution < 1.29 is 9.53 Å². The van der Waals surface area contributed by atoms with E-state index in [4.69, 9.17) is 4.74 Å². The Morgan fingerprint density at radius 2 is 2.04 bits per heavy atom. The Kier molecular flexibility index (Phi) is 5.54. The molecule has 0 saturated heterocycles. The Morgan fingerprint density at radius 3 is 2.83 bits per heavy atom. The van der Waals surface area contributed by atoms with Gasteiger partial charge in [0.2, 0.25) is 0 Å². The summed E-state index contributed by atoms with van der Waals surface area (Å²) in [6.45, 7) is 0.00239. The van der Waals surface area contributed by atoms with Crippen LogP contribution < -0.4 is 10.1 Å². The largest absolute Gasteiger partial charge is 0.480 e. The Balaban J connectivity index is 1.70. The molecule has 4 nitrogen and oxygen atoms in total. The molecule has 1 aromatic carbocycles. The molecule has 1 aromatic heterocycles. The van der Waals surface area contributed by atoms with E-state index >= 15 is 0 Å². The molecule has 23 heavy (non-hydrogen) atoms. The highest BCUT2D eigenvalue weighted by molar-refractivity contribution is 9.11. The van der Waals surface area contributed by atoms with Gasteiger partial charge in [0.25, 0.3) is 5.91 Å². The average molecular weight is 442 g/mol. The van der Waals surface area contributed by atoms with Crippen LogP contribution in [0.4, 0.5) is 0 Å². The number of fused-ring (bicyclic) bond motifs is 1. The normalized spacial score (nSPS) is 15.6. The highest BCUT2D eigenvalue weighted by atomic mass is 79.9. The van der Waals surface area contributed by atoms with Crippen molar-refractivity contribution >= 4 is 48.7 Å². The van der Waals surface area contributed by atoms with Gasteiger partial charge in [0, 0.05) is 22.1 Å². The Hall–Kier alpha value is -1.14. The fourth-order valence-electron chi connectivity index (χ4n) is 2.94. The first-order chi connectivity index (χ1) is 11.1. The minimum Gasteiger partial charge on any atom is -0.480 e. The molecule has 2 aromatic rings. The molecule has 0 radical (unpaired) electrons. The molecule has 0 atom stereocenters. The summed E-state index contributed by atoms with van der Waals surface area (Å²) in [6.07, 6.45) is 7.51. The van der Waals surface area contributed by atoms with Crippen LogP contribution in [0.1, 0.15) is 32.1 Å². The van der Waals surface area contributed by atoms with E-state index in [0.29, 0.717) is 11.8 Å². The van der Waals surface area contributed by atoms with Crippen molar-refractivity contribution in [2.75, 3.05) is 6.61 Å². The molecule has 0 unspecified atom stereocenters. The Labute approximate surface area is 152 Å². The summed E-state index contributed by atoms with van der Waals surface area (Å²) in [5.74, 6) is 0.526. The standard InChI is InChI=1S/C17H18Br2N2O2/c18-13-9-14(19)17(16-12(13)7-4-8-20-16)23-10-15(22)21-11-5-2-1-3-6-11/h4,7-9,11H,1-3,5-6,10H2,(H,21,22). The molecule has 1 aliphatic rings. The summed E-state index contributed by atoms with van der Waals surface area (Å²) in [4.78, 5) is 16.5. The number of carbonyl (C=O) groups excluding carboxylic acids is 1. The molecule has 0 aliphatic heterocycles. The number of amides is 1. The van der Waals surface area contributed by atoms with Crippen LogP contribution in [0.25, 0.3) is 10.9 Å². The predicted octanol–water partition coefficient (Wildman–Crippen LogP) is 4.59. The lowest BCUT2D eigenvalue weighted by atomic mass is 9.95. The quantitative estimate of drug-likeness (QED) is 0.754. The zero-order valence-corrected chi connectivity index (χ0v) is 15.8. The van der Waals surface area contributed by atoms with Crippen molar-refractivity contribution in [2.45, 2.75) is 38.1 Å². The second-order valence-corrected chi connectivity index (χ2v) is 7.47. The summed E-state index contributed by atoms with van der Waals surface area (Å²) in [5, 5.41) is 4.02. The maximum atomic E-state index is 12.1. The van der Waals surface area contributed by atoms with Crippen LogP contribution in [0.2, 0.25) is 0 Å². The smallest absolute Gasteiger partial charge is 0.258 e. The lowest BCUT2D eigenvalue weighted by molar-refractivity contribution is -0.124. The maximum absolute atomic E-state index is 12.1. The third-order valence-corrected chi connectivity index (χ3v) is 5.31. The first kappa shape index (κ1) is 16.7. The summed E-state index contributed by atoms with van der Waals surface area (Å²) >= 11 is 7.01. The average Bonchev–Trinajstić information content (AvgIpc) is 2.55. The first-order valence-corrected chi connectivity index (χ1v) is 9.38. The van der Waals surface area contributed by atoms with Gasteiger partial charge in [0.05, 0.1) is 4.47 Å². The van der Waals surface area contributed by atoms with Crippen LogP contribution >= 0.6 is 31.9 Å². The topological polar surface area (TPSA) is 51.2 Å². The summed E-state index contributed by atoms with van der Waals surface area (Å²) in [7, 11) is 0. The molecule has 1 heterocycles. The van der Waals surface area contributed by atoms with E-state index in [1.165, 1.54) is 19.3 Å². The molecule has 122 valence electrons. The monoisotopic (exact) mass is 440 g/mol. The number of nitrogens with zero attached hydrogens (tertiary/aromatic N) is 1. The Morgan fingerprint density at radius 1 is 1.26 bits per heavy atom.